The Hall–Kier alpha value is -3.09. The van der Waals surface area contributed by atoms with Gasteiger partial charge in [-0.3, -0.25) is 0 Å². The van der Waals surface area contributed by atoms with Gasteiger partial charge in [0.1, 0.15) is 5.56 Å². The van der Waals surface area contributed by atoms with Gasteiger partial charge in [0, 0.05) is 24.6 Å². The average molecular weight is 400 g/mol. The van der Waals surface area contributed by atoms with E-state index in [-0.39, 0.29) is 11.8 Å². The minimum absolute atomic E-state index is 0.108. The number of benzene rings is 2. The molecule has 0 fully saturated rings. The number of anilines is 4. The maximum atomic E-state index is 13.6. The normalized spacial score (nSPS) is 11.4. The summed E-state index contributed by atoms with van der Waals surface area (Å²) in [5.41, 5.74) is 2.57. The Kier molecular flexibility index (Phi) is 6.06. The molecule has 0 radical (unpaired) electrons. The van der Waals surface area contributed by atoms with E-state index in [0.717, 1.165) is 35.9 Å². The molecule has 1 heterocycles. The Morgan fingerprint density at radius 2 is 1.72 bits per heavy atom. The second-order valence-corrected chi connectivity index (χ2v) is 6.84. The van der Waals surface area contributed by atoms with E-state index in [4.69, 9.17) is 0 Å². The Balaban J connectivity index is 1.98. The highest BCUT2D eigenvalue weighted by Crippen LogP contribution is 2.37. The van der Waals surface area contributed by atoms with Crippen molar-refractivity contribution in [2.24, 2.45) is 0 Å². The fourth-order valence-corrected chi connectivity index (χ4v) is 3.02. The Bertz CT molecular complexity index is 969. The second-order valence-electron chi connectivity index (χ2n) is 6.84. The number of nitrogens with zero attached hydrogens (tertiary/aromatic N) is 3. The van der Waals surface area contributed by atoms with Gasteiger partial charge in [0.15, 0.2) is 5.82 Å². The fraction of sp³-hybridized carbons (Fsp3) is 0.273. The van der Waals surface area contributed by atoms with E-state index in [0.29, 0.717) is 5.69 Å². The van der Waals surface area contributed by atoms with Crippen molar-refractivity contribution in [2.45, 2.75) is 32.9 Å². The standard InChI is InChI=1S/C22H23F3N4/c1-4-7-16-10-12-17(13-11-16)29(3)20-18(22(23,24)25)14-26-21(28-20)27-19-9-6-5-8-15(19)2/h5-6,8-14H,4,7H2,1-3H3,(H,26,27,28). The maximum absolute atomic E-state index is 13.6. The first-order valence-corrected chi connectivity index (χ1v) is 9.39. The lowest BCUT2D eigenvalue weighted by Crippen LogP contribution is -2.19. The number of aryl methyl sites for hydroxylation is 2. The molecule has 0 amide bonds. The predicted molar refractivity (Wildman–Crippen MR) is 110 cm³/mol. The third kappa shape index (κ3) is 4.85. The molecule has 0 bridgehead atoms. The average Bonchev–Trinajstić information content (AvgIpc) is 2.69. The number of aromatic nitrogens is 2. The lowest BCUT2D eigenvalue weighted by atomic mass is 10.1. The molecule has 2 aromatic carbocycles. The number of rotatable bonds is 6. The van der Waals surface area contributed by atoms with E-state index in [1.807, 2.05) is 55.5 Å². The SMILES string of the molecule is CCCc1ccc(N(C)c2nc(Nc3ccccc3C)ncc2C(F)(F)F)cc1. The molecule has 0 atom stereocenters. The summed E-state index contributed by atoms with van der Waals surface area (Å²) in [6, 6.07) is 14.9. The highest BCUT2D eigenvalue weighted by molar-refractivity contribution is 5.66. The molecule has 0 unspecified atom stereocenters. The first-order chi connectivity index (χ1) is 13.8. The molecule has 1 N–H and O–H groups in total. The summed E-state index contributed by atoms with van der Waals surface area (Å²) in [6.45, 7) is 3.98. The zero-order valence-corrected chi connectivity index (χ0v) is 16.6. The van der Waals surface area contributed by atoms with Gasteiger partial charge in [-0.25, -0.2) is 4.98 Å². The summed E-state index contributed by atoms with van der Waals surface area (Å²) < 4.78 is 40.8. The molecular weight excluding hydrogens is 377 g/mol. The molecule has 0 saturated heterocycles. The number of halogens is 3. The third-order valence-electron chi connectivity index (χ3n) is 4.65. The molecule has 0 spiro atoms. The van der Waals surface area contributed by atoms with Crippen molar-refractivity contribution in [3.05, 3.63) is 71.4 Å². The smallest absolute Gasteiger partial charge is 0.329 e. The monoisotopic (exact) mass is 400 g/mol. The number of hydrogen-bond acceptors (Lipinski definition) is 4. The summed E-state index contributed by atoms with van der Waals surface area (Å²) in [5, 5.41) is 3.01. The van der Waals surface area contributed by atoms with Crippen LogP contribution in [-0.4, -0.2) is 17.0 Å². The number of para-hydroxylation sites is 1. The molecule has 1 aromatic heterocycles. The number of hydrogen-bond donors (Lipinski definition) is 1. The van der Waals surface area contributed by atoms with Gasteiger partial charge in [-0.15, -0.1) is 0 Å². The summed E-state index contributed by atoms with van der Waals surface area (Å²) in [6.07, 6.45) is -1.80. The van der Waals surface area contributed by atoms with Crippen LogP contribution in [-0.2, 0) is 12.6 Å². The summed E-state index contributed by atoms with van der Waals surface area (Å²) in [4.78, 5) is 9.52. The molecular formula is C22H23F3N4. The van der Waals surface area contributed by atoms with Crippen molar-refractivity contribution in [1.29, 1.82) is 0 Å². The topological polar surface area (TPSA) is 41.1 Å². The summed E-state index contributed by atoms with van der Waals surface area (Å²) in [5.74, 6) is -0.0939. The summed E-state index contributed by atoms with van der Waals surface area (Å²) >= 11 is 0. The summed E-state index contributed by atoms with van der Waals surface area (Å²) in [7, 11) is 1.57. The second kappa shape index (κ2) is 8.51. The molecule has 4 nitrogen and oxygen atoms in total. The van der Waals surface area contributed by atoms with Crippen LogP contribution in [0.4, 0.5) is 36.3 Å². The van der Waals surface area contributed by atoms with Gasteiger partial charge in [-0.1, -0.05) is 43.7 Å². The molecule has 0 aliphatic carbocycles. The van der Waals surface area contributed by atoms with Crippen molar-refractivity contribution in [3.8, 4) is 0 Å². The van der Waals surface area contributed by atoms with Gasteiger partial charge in [-0.2, -0.15) is 18.2 Å². The molecule has 29 heavy (non-hydrogen) atoms. The molecule has 0 saturated carbocycles. The maximum Gasteiger partial charge on any atom is 0.421 e. The lowest BCUT2D eigenvalue weighted by Gasteiger charge is -2.23. The van der Waals surface area contributed by atoms with Crippen LogP contribution >= 0.6 is 0 Å². The lowest BCUT2D eigenvalue weighted by molar-refractivity contribution is -0.137. The van der Waals surface area contributed by atoms with E-state index in [1.54, 1.807) is 7.05 Å². The molecule has 7 heteroatoms. The van der Waals surface area contributed by atoms with Crippen molar-refractivity contribution >= 4 is 23.1 Å². The van der Waals surface area contributed by atoms with Gasteiger partial charge in [0.2, 0.25) is 5.95 Å². The van der Waals surface area contributed by atoms with E-state index < -0.39 is 11.7 Å². The van der Waals surface area contributed by atoms with Crippen LogP contribution in [0, 0.1) is 6.92 Å². The van der Waals surface area contributed by atoms with Crippen LogP contribution in [0.2, 0.25) is 0 Å². The molecule has 0 aliphatic rings. The Morgan fingerprint density at radius 3 is 2.34 bits per heavy atom. The van der Waals surface area contributed by atoms with Gasteiger partial charge in [0.25, 0.3) is 0 Å². The minimum Gasteiger partial charge on any atom is -0.329 e. The van der Waals surface area contributed by atoms with Crippen LogP contribution in [0.3, 0.4) is 0 Å². The zero-order valence-electron chi connectivity index (χ0n) is 16.6. The first kappa shape index (κ1) is 20.6. The molecule has 152 valence electrons. The Labute approximate surface area is 168 Å². The van der Waals surface area contributed by atoms with Crippen molar-refractivity contribution in [3.63, 3.8) is 0 Å². The van der Waals surface area contributed by atoms with Gasteiger partial charge < -0.3 is 10.2 Å². The predicted octanol–water partition coefficient (Wildman–Crippen LogP) is 6.27. The third-order valence-corrected chi connectivity index (χ3v) is 4.65. The molecule has 0 aliphatic heterocycles. The van der Waals surface area contributed by atoms with Gasteiger partial charge in [0.05, 0.1) is 0 Å². The van der Waals surface area contributed by atoms with Crippen molar-refractivity contribution in [2.75, 3.05) is 17.3 Å². The quantitative estimate of drug-likeness (QED) is 0.530. The van der Waals surface area contributed by atoms with E-state index in [2.05, 4.69) is 22.2 Å². The number of alkyl halides is 3. The largest absolute Gasteiger partial charge is 0.421 e. The fourth-order valence-electron chi connectivity index (χ4n) is 3.02. The molecule has 3 aromatic rings. The first-order valence-electron chi connectivity index (χ1n) is 9.39. The van der Waals surface area contributed by atoms with Gasteiger partial charge in [-0.05, 0) is 42.7 Å². The number of nitrogens with one attached hydrogen (secondary N) is 1. The van der Waals surface area contributed by atoms with E-state index >= 15 is 0 Å². The highest BCUT2D eigenvalue weighted by atomic mass is 19.4. The van der Waals surface area contributed by atoms with Crippen LogP contribution in [0.1, 0.15) is 30.0 Å². The van der Waals surface area contributed by atoms with Crippen LogP contribution in [0.5, 0.6) is 0 Å². The minimum atomic E-state index is -4.56. The van der Waals surface area contributed by atoms with Crippen LogP contribution in [0.15, 0.2) is 54.7 Å². The van der Waals surface area contributed by atoms with Crippen molar-refractivity contribution in [1.82, 2.24) is 9.97 Å². The van der Waals surface area contributed by atoms with Crippen LogP contribution < -0.4 is 10.2 Å². The highest BCUT2D eigenvalue weighted by Gasteiger charge is 2.36. The van der Waals surface area contributed by atoms with E-state index in [9.17, 15) is 13.2 Å². The van der Waals surface area contributed by atoms with Crippen molar-refractivity contribution < 1.29 is 13.2 Å². The van der Waals surface area contributed by atoms with Crippen LogP contribution in [0.25, 0.3) is 0 Å². The zero-order chi connectivity index (χ0) is 21.0. The Morgan fingerprint density at radius 1 is 1.03 bits per heavy atom. The van der Waals surface area contributed by atoms with Gasteiger partial charge >= 0.3 is 6.18 Å². The van der Waals surface area contributed by atoms with E-state index in [1.165, 1.54) is 4.90 Å². The molecule has 3 rings (SSSR count).